The summed E-state index contributed by atoms with van der Waals surface area (Å²) in [5, 5.41) is 4.77. The summed E-state index contributed by atoms with van der Waals surface area (Å²) >= 11 is 1.87. The summed E-state index contributed by atoms with van der Waals surface area (Å²) in [6.45, 7) is 8.51. The molecule has 0 aromatic rings. The molecule has 4 heteroatoms. The minimum atomic E-state index is 0.249. The Balaban J connectivity index is 2.00. The molecule has 3 atom stereocenters. The van der Waals surface area contributed by atoms with Crippen LogP contribution in [0.3, 0.4) is 0 Å². The van der Waals surface area contributed by atoms with Crippen molar-refractivity contribution in [3.8, 4) is 0 Å². The number of hydrogen-bond donors (Lipinski definition) is 1. The van der Waals surface area contributed by atoms with E-state index in [1.165, 1.54) is 12.2 Å². The van der Waals surface area contributed by atoms with Crippen LogP contribution in [0, 0.1) is 5.92 Å². The van der Waals surface area contributed by atoms with E-state index in [0.29, 0.717) is 12.0 Å². The molecule has 0 spiro atoms. The zero-order valence-electron chi connectivity index (χ0n) is 11.2. The van der Waals surface area contributed by atoms with Gasteiger partial charge < -0.3 is 10.1 Å². The summed E-state index contributed by atoms with van der Waals surface area (Å²) in [6.07, 6.45) is 3.46. The lowest BCUT2D eigenvalue weighted by Crippen LogP contribution is -2.48. The number of amidine groups is 1. The summed E-state index contributed by atoms with van der Waals surface area (Å²) in [5.41, 5.74) is 0.249. The van der Waals surface area contributed by atoms with Crippen LogP contribution in [-0.4, -0.2) is 35.7 Å². The zero-order valence-corrected chi connectivity index (χ0v) is 12.0. The number of aliphatic imine (C=N–C) groups is 1. The van der Waals surface area contributed by atoms with E-state index < -0.39 is 0 Å². The molecule has 2 heterocycles. The summed E-state index contributed by atoms with van der Waals surface area (Å²) in [7, 11) is 0. The minimum absolute atomic E-state index is 0.249. The number of thioether (sulfide) groups is 1. The molecule has 0 aromatic carbocycles. The molecule has 3 nitrogen and oxygen atoms in total. The quantitative estimate of drug-likeness (QED) is 0.824. The smallest absolute Gasteiger partial charge is 0.157 e. The fourth-order valence-corrected chi connectivity index (χ4v) is 3.55. The third kappa shape index (κ3) is 3.38. The van der Waals surface area contributed by atoms with Crippen molar-refractivity contribution >= 4 is 16.9 Å². The van der Waals surface area contributed by atoms with Gasteiger partial charge >= 0.3 is 0 Å². The van der Waals surface area contributed by atoms with E-state index in [1.807, 2.05) is 11.8 Å². The van der Waals surface area contributed by atoms with Gasteiger partial charge in [-0.05, 0) is 26.2 Å². The lowest BCUT2D eigenvalue weighted by Gasteiger charge is -2.36. The molecule has 0 aliphatic carbocycles. The SMILES string of the molecule is CCC1(C)CCSC(=NC2CCOCC2C)N1. The minimum Gasteiger partial charge on any atom is -0.381 e. The summed E-state index contributed by atoms with van der Waals surface area (Å²) < 4.78 is 5.47. The van der Waals surface area contributed by atoms with Crippen LogP contribution in [0.5, 0.6) is 0 Å². The fraction of sp³-hybridized carbons (Fsp3) is 0.923. The molecule has 1 N–H and O–H groups in total. The Morgan fingerprint density at radius 3 is 3.12 bits per heavy atom. The van der Waals surface area contributed by atoms with Crippen molar-refractivity contribution in [1.29, 1.82) is 0 Å². The Hall–Kier alpha value is -0.220. The Morgan fingerprint density at radius 2 is 2.41 bits per heavy atom. The van der Waals surface area contributed by atoms with Crippen LogP contribution >= 0.6 is 11.8 Å². The molecule has 17 heavy (non-hydrogen) atoms. The van der Waals surface area contributed by atoms with Gasteiger partial charge in [-0.2, -0.15) is 0 Å². The fourth-order valence-electron chi connectivity index (χ4n) is 2.28. The average molecular weight is 256 g/mol. The average Bonchev–Trinajstić information content (AvgIpc) is 2.32. The van der Waals surface area contributed by atoms with Crippen LogP contribution in [0.15, 0.2) is 4.99 Å². The third-order valence-electron chi connectivity index (χ3n) is 3.96. The van der Waals surface area contributed by atoms with Gasteiger partial charge in [-0.1, -0.05) is 25.6 Å². The van der Waals surface area contributed by atoms with Gasteiger partial charge in [0.25, 0.3) is 0 Å². The van der Waals surface area contributed by atoms with Gasteiger partial charge in [0, 0.05) is 23.8 Å². The van der Waals surface area contributed by atoms with Crippen molar-refractivity contribution in [2.45, 2.75) is 51.6 Å². The van der Waals surface area contributed by atoms with Crippen molar-refractivity contribution in [3.63, 3.8) is 0 Å². The van der Waals surface area contributed by atoms with Crippen molar-refractivity contribution in [2.24, 2.45) is 10.9 Å². The topological polar surface area (TPSA) is 33.6 Å². The molecule has 0 bridgehead atoms. The first kappa shape index (κ1) is 13.2. The molecule has 0 aromatic heterocycles. The largest absolute Gasteiger partial charge is 0.381 e. The van der Waals surface area contributed by atoms with Crippen molar-refractivity contribution in [2.75, 3.05) is 19.0 Å². The molecule has 98 valence electrons. The molecule has 2 fully saturated rings. The van der Waals surface area contributed by atoms with Gasteiger partial charge in [-0.25, -0.2) is 0 Å². The van der Waals surface area contributed by atoms with Crippen molar-refractivity contribution < 1.29 is 4.74 Å². The highest BCUT2D eigenvalue weighted by atomic mass is 32.2. The summed E-state index contributed by atoms with van der Waals surface area (Å²) in [5.74, 6) is 1.74. The maximum absolute atomic E-state index is 5.47. The molecular weight excluding hydrogens is 232 g/mol. The van der Waals surface area contributed by atoms with Crippen LogP contribution in [0.25, 0.3) is 0 Å². The number of nitrogens with one attached hydrogen (secondary N) is 1. The van der Waals surface area contributed by atoms with Gasteiger partial charge in [0.05, 0.1) is 12.6 Å². The second-order valence-electron chi connectivity index (χ2n) is 5.48. The zero-order chi connectivity index (χ0) is 12.3. The van der Waals surface area contributed by atoms with Gasteiger partial charge in [-0.3, -0.25) is 4.99 Å². The lowest BCUT2D eigenvalue weighted by atomic mass is 9.95. The second kappa shape index (κ2) is 5.61. The molecule has 0 amide bonds. The van der Waals surface area contributed by atoms with E-state index in [2.05, 4.69) is 26.1 Å². The molecule has 2 rings (SSSR count). The molecule has 2 aliphatic heterocycles. The highest BCUT2D eigenvalue weighted by Gasteiger charge is 2.29. The number of rotatable bonds is 2. The third-order valence-corrected chi connectivity index (χ3v) is 4.85. The van der Waals surface area contributed by atoms with E-state index >= 15 is 0 Å². The maximum atomic E-state index is 5.47. The lowest BCUT2D eigenvalue weighted by molar-refractivity contribution is 0.0496. The number of ether oxygens (including phenoxy) is 1. The Bertz CT molecular complexity index is 295. The first-order valence-corrected chi connectivity index (χ1v) is 7.68. The van der Waals surface area contributed by atoms with Crippen molar-refractivity contribution in [1.82, 2.24) is 5.32 Å². The molecule has 0 saturated carbocycles. The van der Waals surface area contributed by atoms with Crippen LogP contribution in [0.1, 0.15) is 40.0 Å². The predicted molar refractivity (Wildman–Crippen MR) is 74.7 cm³/mol. The molecule has 2 aliphatic rings. The van der Waals surface area contributed by atoms with E-state index in [9.17, 15) is 0 Å². The number of nitrogens with zero attached hydrogens (tertiary/aromatic N) is 1. The Morgan fingerprint density at radius 1 is 1.59 bits per heavy atom. The van der Waals surface area contributed by atoms with Crippen molar-refractivity contribution in [3.05, 3.63) is 0 Å². The molecule has 2 saturated heterocycles. The molecular formula is C13H24N2OS. The molecule has 3 unspecified atom stereocenters. The van der Waals surface area contributed by atoms with Crippen LogP contribution in [0.4, 0.5) is 0 Å². The van der Waals surface area contributed by atoms with Gasteiger partial charge in [0.15, 0.2) is 5.17 Å². The van der Waals surface area contributed by atoms with E-state index in [-0.39, 0.29) is 5.54 Å². The van der Waals surface area contributed by atoms with Gasteiger partial charge in [-0.15, -0.1) is 0 Å². The standard InChI is InChI=1S/C13H24N2OS/c1-4-13(3)6-8-17-12(15-13)14-11-5-7-16-9-10(11)2/h10-11H,4-9H2,1-3H3,(H,14,15). The second-order valence-corrected chi connectivity index (χ2v) is 6.56. The van der Waals surface area contributed by atoms with Gasteiger partial charge in [0.1, 0.15) is 0 Å². The first-order chi connectivity index (χ1) is 8.13. The Labute approximate surface area is 109 Å². The van der Waals surface area contributed by atoms with Crippen LogP contribution in [-0.2, 0) is 4.74 Å². The van der Waals surface area contributed by atoms with Gasteiger partial charge in [0.2, 0.25) is 0 Å². The Kier molecular flexibility index (Phi) is 4.36. The normalized spacial score (nSPS) is 41.2. The highest BCUT2D eigenvalue weighted by molar-refractivity contribution is 8.13. The first-order valence-electron chi connectivity index (χ1n) is 6.69. The monoisotopic (exact) mass is 256 g/mol. The van der Waals surface area contributed by atoms with Crippen LogP contribution < -0.4 is 5.32 Å². The van der Waals surface area contributed by atoms with E-state index in [4.69, 9.17) is 9.73 Å². The summed E-state index contributed by atoms with van der Waals surface area (Å²) in [4.78, 5) is 4.91. The molecule has 0 radical (unpaired) electrons. The highest BCUT2D eigenvalue weighted by Crippen LogP contribution is 2.26. The van der Waals surface area contributed by atoms with E-state index in [0.717, 1.165) is 31.2 Å². The summed E-state index contributed by atoms with van der Waals surface area (Å²) in [6, 6.07) is 0.443. The maximum Gasteiger partial charge on any atom is 0.157 e. The predicted octanol–water partition coefficient (Wildman–Crippen LogP) is 2.66. The van der Waals surface area contributed by atoms with E-state index in [1.54, 1.807) is 0 Å². The van der Waals surface area contributed by atoms with Crippen LogP contribution in [0.2, 0.25) is 0 Å². The number of hydrogen-bond acceptors (Lipinski definition) is 3.